The van der Waals surface area contributed by atoms with Crippen LogP contribution in [0.15, 0.2) is 42.5 Å². The molecule has 0 spiro atoms. The van der Waals surface area contributed by atoms with Gasteiger partial charge in [-0.25, -0.2) is 0 Å². The fraction of sp³-hybridized carbons (Fsp3) is 0.375. The molecule has 2 atom stereocenters. The van der Waals surface area contributed by atoms with Crippen molar-refractivity contribution >= 4 is 14.6 Å². The van der Waals surface area contributed by atoms with Gasteiger partial charge in [-0.2, -0.15) is 0 Å². The van der Waals surface area contributed by atoms with E-state index in [0.29, 0.717) is 0 Å². The highest BCUT2D eigenvalue weighted by molar-refractivity contribution is 7.31. The molecule has 1 aromatic carbocycles. The molecule has 17 heavy (non-hydrogen) atoms. The molecular weight excluding hydrogens is 223 g/mol. The zero-order valence-electron chi connectivity index (χ0n) is 11.4. The van der Waals surface area contributed by atoms with Gasteiger partial charge in [0.05, 0.1) is 0 Å². The van der Waals surface area contributed by atoms with Crippen LogP contribution in [0.3, 0.4) is 0 Å². The summed E-state index contributed by atoms with van der Waals surface area (Å²) >= 11 is 0. The van der Waals surface area contributed by atoms with Crippen LogP contribution >= 0.6 is 9.24 Å². The van der Waals surface area contributed by atoms with E-state index >= 15 is 0 Å². The van der Waals surface area contributed by atoms with Crippen LogP contribution in [-0.2, 0) is 5.41 Å². The minimum atomic E-state index is 0.0632. The molecule has 1 aliphatic rings. The first-order chi connectivity index (χ1) is 8.12. The van der Waals surface area contributed by atoms with Gasteiger partial charge in [0.25, 0.3) is 0 Å². The quantitative estimate of drug-likeness (QED) is 0.499. The fourth-order valence-electron chi connectivity index (χ4n) is 2.49. The van der Waals surface area contributed by atoms with Crippen LogP contribution in [0.2, 0.25) is 0 Å². The molecule has 0 nitrogen and oxygen atoms in total. The Balaban J connectivity index is 0.000000686. The summed E-state index contributed by atoms with van der Waals surface area (Å²) < 4.78 is 0. The molecule has 0 aromatic heterocycles. The second kappa shape index (κ2) is 5.65. The van der Waals surface area contributed by atoms with Gasteiger partial charge in [-0.15, -0.1) is 9.24 Å². The van der Waals surface area contributed by atoms with Crippen molar-refractivity contribution in [1.29, 1.82) is 0 Å². The summed E-state index contributed by atoms with van der Waals surface area (Å²) in [6, 6.07) is 8.62. The molecule has 0 amide bonds. The van der Waals surface area contributed by atoms with E-state index in [0.717, 1.165) is 6.42 Å². The van der Waals surface area contributed by atoms with Crippen molar-refractivity contribution in [2.75, 3.05) is 0 Å². The molecule has 0 saturated carbocycles. The second-order valence-corrected chi connectivity index (χ2v) is 4.87. The number of hydrogen-bond acceptors (Lipinski definition) is 0. The lowest BCUT2D eigenvalue weighted by Crippen LogP contribution is -2.21. The van der Waals surface area contributed by atoms with E-state index in [1.807, 2.05) is 13.8 Å². The van der Waals surface area contributed by atoms with Gasteiger partial charge >= 0.3 is 0 Å². The maximum Gasteiger partial charge on any atom is 0.0348 e. The molecule has 92 valence electrons. The Hall–Kier alpha value is -0.870. The Bertz CT molecular complexity index is 443. The molecule has 0 aliphatic heterocycles. The zero-order chi connectivity index (χ0) is 13.1. The van der Waals surface area contributed by atoms with Gasteiger partial charge in [0.15, 0.2) is 0 Å². The Morgan fingerprint density at radius 3 is 2.41 bits per heavy atom. The first-order valence-corrected chi connectivity index (χ1v) is 6.93. The van der Waals surface area contributed by atoms with Crippen LogP contribution in [-0.4, -0.2) is 0 Å². The van der Waals surface area contributed by atoms with Gasteiger partial charge in [-0.05, 0) is 29.8 Å². The predicted molar refractivity (Wildman–Crippen MR) is 82.3 cm³/mol. The summed E-state index contributed by atoms with van der Waals surface area (Å²) in [5.41, 5.74) is 4.06. The van der Waals surface area contributed by atoms with Crippen molar-refractivity contribution in [2.24, 2.45) is 0 Å². The Labute approximate surface area is 108 Å². The number of fused-ring (bicyclic) bond motifs is 1. The first kappa shape index (κ1) is 14.2. The smallest absolute Gasteiger partial charge is 0.0348 e. The third-order valence-corrected chi connectivity index (χ3v) is 3.92. The molecule has 2 rings (SSSR count). The lowest BCUT2D eigenvalue weighted by molar-refractivity contribution is 0.615. The highest BCUT2D eigenvalue weighted by Gasteiger charge is 2.35. The average Bonchev–Trinajstić information content (AvgIpc) is 2.67. The average molecular weight is 246 g/mol. The largest absolute Gasteiger partial charge is 0.105 e. The molecule has 0 radical (unpaired) electrons. The second-order valence-electron chi connectivity index (χ2n) is 4.25. The molecule has 0 N–H and O–H groups in total. The lowest BCUT2D eigenvalue weighted by Gasteiger charge is -2.28. The van der Waals surface area contributed by atoms with E-state index in [4.69, 9.17) is 0 Å². The molecule has 1 aromatic rings. The minimum absolute atomic E-state index is 0.0632. The van der Waals surface area contributed by atoms with E-state index < -0.39 is 0 Å². The number of hydrogen-bond donors (Lipinski definition) is 0. The first-order valence-electron chi connectivity index (χ1n) is 6.36. The molecule has 0 heterocycles. The third-order valence-electron chi connectivity index (χ3n) is 3.44. The van der Waals surface area contributed by atoms with Crippen LogP contribution in [0.1, 0.15) is 45.2 Å². The normalized spacial score (nSPS) is 21.1. The van der Waals surface area contributed by atoms with E-state index in [-0.39, 0.29) is 5.41 Å². The van der Waals surface area contributed by atoms with E-state index in [1.54, 1.807) is 0 Å². The van der Waals surface area contributed by atoms with Gasteiger partial charge < -0.3 is 0 Å². The van der Waals surface area contributed by atoms with Crippen LogP contribution in [0, 0.1) is 0 Å². The summed E-state index contributed by atoms with van der Waals surface area (Å²) in [4.78, 5) is 0. The van der Waals surface area contributed by atoms with Crippen LogP contribution in [0.25, 0.3) is 5.31 Å². The van der Waals surface area contributed by atoms with Crippen LogP contribution in [0.4, 0.5) is 0 Å². The van der Waals surface area contributed by atoms with Crippen LogP contribution < -0.4 is 0 Å². The third kappa shape index (κ3) is 2.24. The molecule has 0 saturated heterocycles. The van der Waals surface area contributed by atoms with Crippen molar-refractivity contribution in [1.82, 2.24) is 0 Å². The molecule has 2 unspecified atom stereocenters. The highest BCUT2D eigenvalue weighted by Crippen LogP contribution is 2.48. The summed E-state index contributed by atoms with van der Waals surface area (Å²) in [6.07, 6.45) is 3.42. The molecule has 1 aliphatic carbocycles. The predicted octanol–water partition coefficient (Wildman–Crippen LogP) is 5.17. The van der Waals surface area contributed by atoms with Crippen molar-refractivity contribution in [2.45, 2.75) is 39.5 Å². The van der Waals surface area contributed by atoms with Crippen molar-refractivity contribution < 1.29 is 0 Å². The maximum atomic E-state index is 4.16. The van der Waals surface area contributed by atoms with Crippen LogP contribution in [0.5, 0.6) is 0 Å². The lowest BCUT2D eigenvalue weighted by atomic mass is 9.75. The highest BCUT2D eigenvalue weighted by atomic mass is 31.0. The van der Waals surface area contributed by atoms with Gasteiger partial charge in [0.1, 0.15) is 0 Å². The Morgan fingerprint density at radius 2 is 1.88 bits per heavy atom. The zero-order valence-corrected chi connectivity index (χ0v) is 12.5. The minimum Gasteiger partial charge on any atom is -0.105 e. The van der Waals surface area contributed by atoms with Gasteiger partial charge in [-0.3, -0.25) is 0 Å². The summed E-state index contributed by atoms with van der Waals surface area (Å²) in [6.45, 7) is 12.5. The van der Waals surface area contributed by atoms with Gasteiger partial charge in [0.2, 0.25) is 0 Å². The van der Waals surface area contributed by atoms with Gasteiger partial charge in [0, 0.05) is 5.41 Å². The molecule has 1 heteroatoms. The summed E-state index contributed by atoms with van der Waals surface area (Å²) in [5.74, 6) is 0. The Morgan fingerprint density at radius 1 is 1.29 bits per heavy atom. The number of allylic oxidation sites excluding steroid dienone is 2. The van der Waals surface area contributed by atoms with Crippen molar-refractivity contribution in [3.63, 3.8) is 0 Å². The topological polar surface area (TPSA) is 0 Å². The van der Waals surface area contributed by atoms with Crippen molar-refractivity contribution in [3.8, 4) is 0 Å². The van der Waals surface area contributed by atoms with Gasteiger partial charge in [-0.1, -0.05) is 63.3 Å². The fourth-order valence-corrected chi connectivity index (χ4v) is 3.03. The Kier molecular flexibility index (Phi) is 4.71. The maximum absolute atomic E-state index is 4.16. The monoisotopic (exact) mass is 246 g/mol. The molecule has 0 bridgehead atoms. The van der Waals surface area contributed by atoms with E-state index in [2.05, 4.69) is 60.0 Å². The number of rotatable bonds is 2. The molecular formula is C16H23P. The SMILES string of the molecule is C=C(C)C1(CC)C=C(P)c2ccccc21.CC. The summed E-state index contributed by atoms with van der Waals surface area (Å²) in [5, 5.41) is 1.30. The summed E-state index contributed by atoms with van der Waals surface area (Å²) in [7, 11) is 2.84. The number of benzene rings is 1. The van der Waals surface area contributed by atoms with E-state index in [9.17, 15) is 0 Å². The molecule has 0 fully saturated rings. The van der Waals surface area contributed by atoms with E-state index in [1.165, 1.54) is 22.0 Å². The standard InChI is InChI=1S/C14H17P.C2H6/c1-4-14(10(2)3)9-13(15)11-7-5-6-8-12(11)14;1-2/h5-9H,2,4,15H2,1,3H3;1-2H3. The van der Waals surface area contributed by atoms with Crippen molar-refractivity contribution in [3.05, 3.63) is 53.6 Å².